The van der Waals surface area contributed by atoms with Crippen molar-refractivity contribution in [3.05, 3.63) is 105 Å². The monoisotopic (exact) mass is 536 g/mol. The van der Waals surface area contributed by atoms with Crippen LogP contribution in [0.5, 0.6) is 11.5 Å². The van der Waals surface area contributed by atoms with E-state index in [1.165, 1.54) is 6.21 Å². The highest BCUT2D eigenvalue weighted by Crippen LogP contribution is 2.37. The quantitative estimate of drug-likeness (QED) is 0.194. The zero-order valence-electron chi connectivity index (χ0n) is 18.4. The number of nitrogens with one attached hydrogen (secondary N) is 1. The third-order valence-corrected chi connectivity index (χ3v) is 6.05. The molecule has 0 aromatic heterocycles. The minimum absolute atomic E-state index is 0.324. The number of hydrogen-bond acceptors (Lipinski definition) is 4. The maximum Gasteiger partial charge on any atom is 0.272 e. The first-order chi connectivity index (χ1) is 16.6. The van der Waals surface area contributed by atoms with Crippen molar-refractivity contribution in [2.75, 3.05) is 6.61 Å². The van der Waals surface area contributed by atoms with Crippen LogP contribution in [-0.4, -0.2) is 18.7 Å². The normalized spacial score (nSPS) is 11.0. The zero-order valence-corrected chi connectivity index (χ0v) is 20.8. The van der Waals surface area contributed by atoms with Gasteiger partial charge >= 0.3 is 0 Å². The minimum Gasteiger partial charge on any atom is -0.490 e. The number of ether oxygens (including phenoxy) is 2. The van der Waals surface area contributed by atoms with Gasteiger partial charge in [-0.2, -0.15) is 5.10 Å². The molecule has 4 rings (SSSR count). The van der Waals surface area contributed by atoms with E-state index in [9.17, 15) is 4.79 Å². The van der Waals surface area contributed by atoms with Gasteiger partial charge in [0.1, 0.15) is 6.61 Å². The van der Waals surface area contributed by atoms with E-state index in [-0.39, 0.29) is 5.91 Å². The molecule has 5 nitrogen and oxygen atoms in total. The first-order valence-corrected chi connectivity index (χ1v) is 11.9. The van der Waals surface area contributed by atoms with Gasteiger partial charge in [0.2, 0.25) is 0 Å². The van der Waals surface area contributed by atoms with Gasteiger partial charge in [-0.1, -0.05) is 66.2 Å². The Labute approximate surface area is 211 Å². The second-order valence-electron chi connectivity index (χ2n) is 7.37. The van der Waals surface area contributed by atoms with Crippen molar-refractivity contribution in [2.45, 2.75) is 13.5 Å². The number of hydrazone groups is 1. The van der Waals surface area contributed by atoms with Gasteiger partial charge < -0.3 is 9.47 Å². The average molecular weight is 538 g/mol. The number of carbonyl (C=O) groups excluding carboxylic acids is 1. The first-order valence-electron chi connectivity index (χ1n) is 10.7. The highest BCUT2D eigenvalue weighted by molar-refractivity contribution is 9.10. The minimum atomic E-state index is -0.324. The number of benzene rings is 4. The molecule has 0 unspecified atom stereocenters. The molecule has 0 radical (unpaired) electrons. The standard InChI is InChI=1S/C27H22BrClN2O3/c1-2-33-25-15-18(16-30-31-27(32)22-12-5-6-13-23(22)28)14-24(29)26(25)34-17-20-10-7-9-19-8-3-4-11-21(19)20/h3-16H,2,17H2,1H3,(H,31,32)/b30-16+. The van der Waals surface area contributed by atoms with E-state index in [1.807, 2.05) is 37.3 Å². The Morgan fingerprint density at radius 2 is 1.79 bits per heavy atom. The Hall–Kier alpha value is -3.35. The van der Waals surface area contributed by atoms with Gasteiger partial charge in [0.05, 0.1) is 23.4 Å². The van der Waals surface area contributed by atoms with Crippen LogP contribution in [0.4, 0.5) is 0 Å². The topological polar surface area (TPSA) is 59.9 Å². The van der Waals surface area contributed by atoms with Gasteiger partial charge in [-0.3, -0.25) is 4.79 Å². The third-order valence-electron chi connectivity index (χ3n) is 5.08. The summed E-state index contributed by atoms with van der Waals surface area (Å²) in [5.74, 6) is 0.648. The van der Waals surface area contributed by atoms with Crippen LogP contribution in [0, 0.1) is 0 Å². The maximum absolute atomic E-state index is 12.3. The molecule has 0 aliphatic rings. The summed E-state index contributed by atoms with van der Waals surface area (Å²) in [7, 11) is 0. The van der Waals surface area contributed by atoms with Crippen LogP contribution in [-0.2, 0) is 6.61 Å². The molecule has 0 heterocycles. The summed E-state index contributed by atoms with van der Waals surface area (Å²) in [4.78, 5) is 12.3. The van der Waals surface area contributed by atoms with Crippen LogP contribution in [0.25, 0.3) is 10.8 Å². The molecular weight excluding hydrogens is 516 g/mol. The molecule has 0 saturated heterocycles. The number of hydrogen-bond donors (Lipinski definition) is 1. The summed E-state index contributed by atoms with van der Waals surface area (Å²) in [6, 6.07) is 24.9. The summed E-state index contributed by atoms with van der Waals surface area (Å²) in [6.45, 7) is 2.68. The zero-order chi connectivity index (χ0) is 23.9. The van der Waals surface area contributed by atoms with Crippen molar-refractivity contribution in [2.24, 2.45) is 5.10 Å². The Balaban J connectivity index is 1.51. The summed E-state index contributed by atoms with van der Waals surface area (Å²) < 4.78 is 12.6. The number of fused-ring (bicyclic) bond motifs is 1. The van der Waals surface area contributed by atoms with Crippen molar-refractivity contribution in [3.63, 3.8) is 0 Å². The fraction of sp³-hybridized carbons (Fsp3) is 0.111. The molecule has 34 heavy (non-hydrogen) atoms. The molecule has 0 aliphatic carbocycles. The van der Waals surface area contributed by atoms with E-state index in [1.54, 1.807) is 30.3 Å². The largest absolute Gasteiger partial charge is 0.490 e. The van der Waals surface area contributed by atoms with Gasteiger partial charge in [-0.05, 0) is 69.0 Å². The van der Waals surface area contributed by atoms with Crippen LogP contribution in [0.1, 0.15) is 28.4 Å². The van der Waals surface area contributed by atoms with E-state index in [2.05, 4.69) is 44.7 Å². The summed E-state index contributed by atoms with van der Waals surface area (Å²) in [5, 5.41) is 6.73. The van der Waals surface area contributed by atoms with E-state index in [4.69, 9.17) is 21.1 Å². The van der Waals surface area contributed by atoms with Gasteiger partial charge in [0.15, 0.2) is 11.5 Å². The highest BCUT2D eigenvalue weighted by Gasteiger charge is 2.14. The smallest absolute Gasteiger partial charge is 0.272 e. The first kappa shape index (κ1) is 23.8. The summed E-state index contributed by atoms with van der Waals surface area (Å²) in [6.07, 6.45) is 1.51. The number of carbonyl (C=O) groups is 1. The van der Waals surface area contributed by atoms with Crippen LogP contribution in [0.2, 0.25) is 5.02 Å². The number of rotatable bonds is 8. The molecule has 1 N–H and O–H groups in total. The molecule has 1 amide bonds. The highest BCUT2D eigenvalue weighted by atomic mass is 79.9. The lowest BCUT2D eigenvalue weighted by molar-refractivity contribution is 0.0954. The fourth-order valence-corrected chi connectivity index (χ4v) is 4.24. The average Bonchev–Trinajstić information content (AvgIpc) is 2.84. The van der Waals surface area contributed by atoms with Gasteiger partial charge in [-0.15, -0.1) is 0 Å². The van der Waals surface area contributed by atoms with Crippen molar-refractivity contribution in [1.29, 1.82) is 0 Å². The fourth-order valence-electron chi connectivity index (χ4n) is 3.50. The van der Waals surface area contributed by atoms with E-state index in [0.717, 1.165) is 16.3 Å². The van der Waals surface area contributed by atoms with Gasteiger partial charge in [-0.25, -0.2) is 5.43 Å². The molecule has 0 saturated carbocycles. The molecular formula is C27H22BrClN2O3. The SMILES string of the molecule is CCOc1cc(/C=N/NC(=O)c2ccccc2Br)cc(Cl)c1OCc1cccc2ccccc12. The van der Waals surface area contributed by atoms with Crippen LogP contribution in [0.15, 0.2) is 88.4 Å². The second kappa shape index (κ2) is 11.2. The van der Waals surface area contributed by atoms with Crippen LogP contribution >= 0.6 is 27.5 Å². The number of amides is 1. The van der Waals surface area contributed by atoms with Crippen molar-refractivity contribution < 1.29 is 14.3 Å². The van der Waals surface area contributed by atoms with Gasteiger partial charge in [0.25, 0.3) is 5.91 Å². The Kier molecular flexibility index (Phi) is 7.83. The summed E-state index contributed by atoms with van der Waals surface area (Å²) in [5.41, 5.74) is 4.73. The molecule has 0 atom stereocenters. The number of halogens is 2. The van der Waals surface area contributed by atoms with Crippen LogP contribution < -0.4 is 14.9 Å². The Morgan fingerprint density at radius 1 is 1.03 bits per heavy atom. The van der Waals surface area contributed by atoms with E-state index < -0.39 is 0 Å². The van der Waals surface area contributed by atoms with Gasteiger partial charge in [0, 0.05) is 4.47 Å². The van der Waals surface area contributed by atoms with E-state index in [0.29, 0.717) is 45.3 Å². The molecule has 172 valence electrons. The third kappa shape index (κ3) is 5.58. The van der Waals surface area contributed by atoms with E-state index >= 15 is 0 Å². The lowest BCUT2D eigenvalue weighted by Crippen LogP contribution is -2.18. The van der Waals surface area contributed by atoms with Crippen LogP contribution in [0.3, 0.4) is 0 Å². The maximum atomic E-state index is 12.3. The predicted molar refractivity (Wildman–Crippen MR) is 140 cm³/mol. The molecule has 0 aliphatic heterocycles. The Bertz CT molecular complexity index is 1350. The van der Waals surface area contributed by atoms with Crippen molar-refractivity contribution in [1.82, 2.24) is 5.43 Å². The predicted octanol–water partition coefficient (Wildman–Crippen LogP) is 7.00. The molecule has 0 bridgehead atoms. The molecule has 0 spiro atoms. The molecule has 0 fully saturated rings. The van der Waals surface area contributed by atoms with Crippen molar-refractivity contribution in [3.8, 4) is 11.5 Å². The second-order valence-corrected chi connectivity index (χ2v) is 8.63. The van der Waals surface area contributed by atoms with Crippen molar-refractivity contribution >= 4 is 50.4 Å². The molecule has 7 heteroatoms. The molecule has 4 aromatic carbocycles. The lowest BCUT2D eigenvalue weighted by Gasteiger charge is -2.15. The number of nitrogens with zero attached hydrogens (tertiary/aromatic N) is 1. The Morgan fingerprint density at radius 3 is 2.62 bits per heavy atom. The summed E-state index contributed by atoms with van der Waals surface area (Å²) >= 11 is 9.91. The molecule has 4 aromatic rings. The lowest BCUT2D eigenvalue weighted by atomic mass is 10.1.